The molecule has 2 aromatic carbocycles. The van der Waals surface area contributed by atoms with Crippen LogP contribution in [0.3, 0.4) is 0 Å². The van der Waals surface area contributed by atoms with E-state index in [-0.39, 0.29) is 12.4 Å². The zero-order valence-electron chi connectivity index (χ0n) is 16.4. The molecule has 0 aliphatic rings. The molecule has 0 bridgehead atoms. The number of ether oxygens (including phenoxy) is 1. The van der Waals surface area contributed by atoms with Gasteiger partial charge in [-0.2, -0.15) is 0 Å². The van der Waals surface area contributed by atoms with Crippen LogP contribution in [0.25, 0.3) is 0 Å². The van der Waals surface area contributed by atoms with Crippen LogP contribution in [0.2, 0.25) is 10.0 Å². The molecule has 0 radical (unpaired) electrons. The minimum Gasteiger partial charge on any atom is -0.465 e. The highest BCUT2D eigenvalue weighted by Crippen LogP contribution is 2.33. The summed E-state index contributed by atoms with van der Waals surface area (Å²) in [6.07, 6.45) is 2.71. The van der Waals surface area contributed by atoms with E-state index in [2.05, 4.69) is 14.9 Å². The molecule has 3 aromatic rings. The Bertz CT molecular complexity index is 981. The predicted octanol–water partition coefficient (Wildman–Crippen LogP) is 5.73. The van der Waals surface area contributed by atoms with Crippen molar-refractivity contribution >= 4 is 40.5 Å². The SMILES string of the molecule is Cc1ncn(CCCOC(=O)Cc2ccccc2Nc2c(Cl)cccc2Cl)c1C. The van der Waals surface area contributed by atoms with Crippen molar-refractivity contribution in [2.75, 3.05) is 11.9 Å². The fourth-order valence-electron chi connectivity index (χ4n) is 2.95. The number of rotatable bonds is 8. The van der Waals surface area contributed by atoms with Gasteiger partial charge >= 0.3 is 5.97 Å². The molecule has 1 heterocycles. The average Bonchev–Trinajstić information content (AvgIpc) is 3.01. The van der Waals surface area contributed by atoms with Crippen LogP contribution in [-0.4, -0.2) is 22.1 Å². The molecule has 0 unspecified atom stereocenters. The number of hydrogen-bond acceptors (Lipinski definition) is 4. The Hall–Kier alpha value is -2.50. The van der Waals surface area contributed by atoms with Crippen LogP contribution in [0.4, 0.5) is 11.4 Å². The van der Waals surface area contributed by atoms with Gasteiger partial charge in [0.05, 0.1) is 40.8 Å². The number of nitrogens with one attached hydrogen (secondary N) is 1. The fourth-order valence-corrected chi connectivity index (χ4v) is 3.44. The van der Waals surface area contributed by atoms with Crippen LogP contribution in [-0.2, 0) is 22.5 Å². The first-order valence-corrected chi connectivity index (χ1v) is 10.1. The maximum Gasteiger partial charge on any atom is 0.310 e. The third-order valence-corrected chi connectivity index (χ3v) is 5.36. The molecule has 0 atom stereocenters. The number of carbonyl (C=O) groups is 1. The van der Waals surface area contributed by atoms with E-state index in [4.69, 9.17) is 27.9 Å². The summed E-state index contributed by atoms with van der Waals surface area (Å²) >= 11 is 12.5. The molecule has 5 nitrogen and oxygen atoms in total. The lowest BCUT2D eigenvalue weighted by Crippen LogP contribution is -2.12. The number of aryl methyl sites for hydroxylation is 2. The van der Waals surface area contributed by atoms with Gasteiger partial charge < -0.3 is 14.6 Å². The molecule has 152 valence electrons. The quantitative estimate of drug-likeness (QED) is 0.365. The van der Waals surface area contributed by atoms with Crippen LogP contribution in [0.1, 0.15) is 23.4 Å². The van der Waals surface area contributed by atoms with Crippen molar-refractivity contribution in [3.63, 3.8) is 0 Å². The molecular formula is C22H23Cl2N3O2. The first-order chi connectivity index (χ1) is 14.0. The second-order valence-electron chi connectivity index (χ2n) is 6.74. The van der Waals surface area contributed by atoms with E-state index < -0.39 is 0 Å². The summed E-state index contributed by atoms with van der Waals surface area (Å²) in [6, 6.07) is 12.8. The molecule has 0 amide bonds. The van der Waals surface area contributed by atoms with Crippen molar-refractivity contribution < 1.29 is 9.53 Å². The second kappa shape index (κ2) is 9.81. The van der Waals surface area contributed by atoms with Crippen molar-refractivity contribution in [1.29, 1.82) is 0 Å². The van der Waals surface area contributed by atoms with Gasteiger partial charge in [-0.15, -0.1) is 0 Å². The third kappa shape index (κ3) is 5.52. The van der Waals surface area contributed by atoms with Crippen LogP contribution < -0.4 is 5.32 Å². The third-order valence-electron chi connectivity index (χ3n) is 4.73. The number of imidazole rings is 1. The van der Waals surface area contributed by atoms with E-state index in [1.54, 1.807) is 18.2 Å². The topological polar surface area (TPSA) is 56.2 Å². The molecule has 0 aliphatic carbocycles. The summed E-state index contributed by atoms with van der Waals surface area (Å²) in [7, 11) is 0. The van der Waals surface area contributed by atoms with Crippen molar-refractivity contribution in [3.05, 3.63) is 75.8 Å². The lowest BCUT2D eigenvalue weighted by Gasteiger charge is -2.14. The zero-order chi connectivity index (χ0) is 20.8. The fraction of sp³-hybridized carbons (Fsp3) is 0.273. The molecule has 0 saturated carbocycles. The van der Waals surface area contributed by atoms with Crippen LogP contribution in [0.5, 0.6) is 0 Å². The Balaban J connectivity index is 1.56. The van der Waals surface area contributed by atoms with Crippen LogP contribution in [0, 0.1) is 13.8 Å². The largest absolute Gasteiger partial charge is 0.465 e. The van der Waals surface area contributed by atoms with Gasteiger partial charge in [0.1, 0.15) is 0 Å². The van der Waals surface area contributed by atoms with Crippen molar-refractivity contribution in [1.82, 2.24) is 9.55 Å². The van der Waals surface area contributed by atoms with E-state index >= 15 is 0 Å². The Labute approximate surface area is 180 Å². The van der Waals surface area contributed by atoms with Gasteiger partial charge in [-0.1, -0.05) is 47.5 Å². The van der Waals surface area contributed by atoms with Gasteiger partial charge in [0.2, 0.25) is 0 Å². The number of hydrogen-bond donors (Lipinski definition) is 1. The molecule has 7 heteroatoms. The molecular weight excluding hydrogens is 409 g/mol. The van der Waals surface area contributed by atoms with Gasteiger partial charge in [-0.3, -0.25) is 4.79 Å². The van der Waals surface area contributed by atoms with Gasteiger partial charge in [0, 0.05) is 17.9 Å². The summed E-state index contributed by atoms with van der Waals surface area (Å²) in [4.78, 5) is 16.6. The van der Waals surface area contributed by atoms with Crippen molar-refractivity contribution in [3.8, 4) is 0 Å². The van der Waals surface area contributed by atoms with E-state index in [1.165, 1.54) is 0 Å². The number of carbonyl (C=O) groups excluding carboxylic acids is 1. The number of halogens is 2. The Kier molecular flexibility index (Phi) is 7.18. The highest BCUT2D eigenvalue weighted by molar-refractivity contribution is 6.39. The number of benzene rings is 2. The number of aromatic nitrogens is 2. The molecule has 1 aromatic heterocycles. The first kappa shape index (κ1) is 21.2. The molecule has 0 aliphatic heterocycles. The number of esters is 1. The Morgan fingerprint density at radius 1 is 1.10 bits per heavy atom. The molecule has 0 saturated heterocycles. The molecule has 1 N–H and O–H groups in total. The normalized spacial score (nSPS) is 10.8. The Morgan fingerprint density at radius 2 is 1.83 bits per heavy atom. The minimum absolute atomic E-state index is 0.161. The van der Waals surface area contributed by atoms with Crippen molar-refractivity contribution in [2.24, 2.45) is 0 Å². The number of para-hydroxylation sites is 2. The van der Waals surface area contributed by atoms with Gasteiger partial charge in [0.15, 0.2) is 0 Å². The summed E-state index contributed by atoms with van der Waals surface area (Å²) < 4.78 is 7.48. The minimum atomic E-state index is -0.275. The molecule has 3 rings (SSSR count). The highest BCUT2D eigenvalue weighted by atomic mass is 35.5. The summed E-state index contributed by atoms with van der Waals surface area (Å²) in [5.41, 5.74) is 4.35. The number of anilines is 2. The summed E-state index contributed by atoms with van der Waals surface area (Å²) in [6.45, 7) is 5.14. The molecule has 0 spiro atoms. The van der Waals surface area contributed by atoms with E-state index in [1.807, 2.05) is 44.4 Å². The van der Waals surface area contributed by atoms with E-state index in [9.17, 15) is 4.79 Å². The monoisotopic (exact) mass is 431 g/mol. The first-order valence-electron chi connectivity index (χ1n) is 9.38. The smallest absolute Gasteiger partial charge is 0.310 e. The summed E-state index contributed by atoms with van der Waals surface area (Å²) in [5.74, 6) is -0.275. The van der Waals surface area contributed by atoms with Crippen LogP contribution in [0.15, 0.2) is 48.8 Å². The molecule has 0 fully saturated rings. The molecule has 29 heavy (non-hydrogen) atoms. The predicted molar refractivity (Wildman–Crippen MR) is 117 cm³/mol. The van der Waals surface area contributed by atoms with Crippen LogP contribution >= 0.6 is 23.2 Å². The maximum atomic E-state index is 12.3. The lowest BCUT2D eigenvalue weighted by atomic mass is 10.1. The Morgan fingerprint density at radius 3 is 2.52 bits per heavy atom. The maximum absolute atomic E-state index is 12.3. The average molecular weight is 432 g/mol. The zero-order valence-corrected chi connectivity index (χ0v) is 17.9. The van der Waals surface area contributed by atoms with E-state index in [0.717, 1.165) is 35.6 Å². The van der Waals surface area contributed by atoms with Gasteiger partial charge in [0.25, 0.3) is 0 Å². The van der Waals surface area contributed by atoms with E-state index in [0.29, 0.717) is 22.3 Å². The standard InChI is InChI=1S/C22H23Cl2N3O2/c1-15-16(2)27(14-25-15)11-6-12-29-21(28)13-17-7-3-4-10-20(17)26-22-18(23)8-5-9-19(22)24/h3-5,7-10,14,26H,6,11-13H2,1-2H3. The highest BCUT2D eigenvalue weighted by Gasteiger charge is 2.12. The second-order valence-corrected chi connectivity index (χ2v) is 7.55. The van der Waals surface area contributed by atoms with Gasteiger partial charge in [-0.25, -0.2) is 4.98 Å². The van der Waals surface area contributed by atoms with Gasteiger partial charge in [-0.05, 0) is 44.0 Å². The summed E-state index contributed by atoms with van der Waals surface area (Å²) in [5, 5.41) is 4.26. The van der Waals surface area contributed by atoms with Crippen molar-refractivity contribution in [2.45, 2.75) is 33.2 Å². The lowest BCUT2D eigenvalue weighted by molar-refractivity contribution is -0.142. The number of nitrogens with zero attached hydrogens (tertiary/aromatic N) is 2.